The van der Waals surface area contributed by atoms with Gasteiger partial charge in [-0.25, -0.2) is 4.39 Å². The van der Waals surface area contributed by atoms with Gasteiger partial charge in [0.05, 0.1) is 12.7 Å². The predicted molar refractivity (Wildman–Crippen MR) is 158 cm³/mol. The van der Waals surface area contributed by atoms with Gasteiger partial charge in [0.15, 0.2) is 0 Å². The topological polar surface area (TPSA) is 106 Å². The minimum Gasteiger partial charge on any atom is -0.494 e. The number of halogens is 1. The highest BCUT2D eigenvalue weighted by atomic mass is 19.1. The lowest BCUT2D eigenvalue weighted by atomic mass is 9.95. The van der Waals surface area contributed by atoms with Crippen molar-refractivity contribution in [2.45, 2.75) is 45.6 Å². The number of hydrogen-bond acceptors (Lipinski definition) is 5. The van der Waals surface area contributed by atoms with Crippen molar-refractivity contribution in [1.29, 1.82) is 0 Å². The number of carboxylic acids is 1. The fourth-order valence-electron chi connectivity index (χ4n) is 5.38. The van der Waals surface area contributed by atoms with Crippen molar-refractivity contribution in [3.05, 3.63) is 94.9 Å². The lowest BCUT2D eigenvalue weighted by Crippen LogP contribution is -2.29. The van der Waals surface area contributed by atoms with Crippen molar-refractivity contribution in [1.82, 2.24) is 9.88 Å². The summed E-state index contributed by atoms with van der Waals surface area (Å²) in [5.74, 6) is -1.23. The quantitative estimate of drug-likeness (QED) is 0.269. The number of nitrogens with zero attached hydrogens (tertiary/aromatic N) is 2. The average Bonchev–Trinajstić information content (AvgIpc) is 2.96. The third-order valence-electron chi connectivity index (χ3n) is 7.38. The van der Waals surface area contributed by atoms with Crippen molar-refractivity contribution >= 4 is 22.6 Å². The summed E-state index contributed by atoms with van der Waals surface area (Å²) >= 11 is 0. The summed E-state index contributed by atoms with van der Waals surface area (Å²) < 4.78 is 18.7. The molecule has 1 aliphatic rings. The Hall–Kier alpha value is -4.30. The van der Waals surface area contributed by atoms with E-state index < -0.39 is 17.7 Å². The number of carboxylic acid groups (broad SMARTS) is 1. The van der Waals surface area contributed by atoms with Crippen LogP contribution < -0.4 is 10.5 Å². The maximum atomic E-state index is 12.8. The van der Waals surface area contributed by atoms with Crippen LogP contribution >= 0.6 is 0 Å². The van der Waals surface area contributed by atoms with E-state index in [0.29, 0.717) is 12.0 Å². The number of hydrogen-bond donors (Lipinski definition) is 2. The van der Waals surface area contributed by atoms with E-state index >= 15 is 0 Å². The second kappa shape index (κ2) is 13.9. The Morgan fingerprint density at radius 2 is 1.68 bits per heavy atom. The Balaban J connectivity index is 0.000000296. The molecule has 7 nitrogen and oxygen atoms in total. The van der Waals surface area contributed by atoms with Gasteiger partial charge in [0.2, 0.25) is 0 Å². The number of piperidine rings is 1. The lowest BCUT2D eigenvalue weighted by Gasteiger charge is -2.27. The molecule has 0 saturated carbocycles. The number of aryl methyl sites for hydroxylation is 2. The molecule has 1 aromatic heterocycles. The van der Waals surface area contributed by atoms with Crippen LogP contribution in [-0.4, -0.2) is 47.1 Å². The third-order valence-corrected chi connectivity index (χ3v) is 7.38. The van der Waals surface area contributed by atoms with Crippen LogP contribution in [0.3, 0.4) is 0 Å². The Kier molecular flexibility index (Phi) is 10.0. The first-order chi connectivity index (χ1) is 19.8. The van der Waals surface area contributed by atoms with Crippen LogP contribution in [-0.2, 0) is 17.8 Å². The fourth-order valence-corrected chi connectivity index (χ4v) is 5.38. The first kappa shape index (κ1) is 29.7. The maximum Gasteiger partial charge on any atom is 0.303 e. The molecule has 3 N–H and O–H groups in total. The Labute approximate surface area is 239 Å². The number of pyridine rings is 1. The zero-order valence-electron chi connectivity index (χ0n) is 23.5. The van der Waals surface area contributed by atoms with Crippen molar-refractivity contribution in [2.24, 2.45) is 5.73 Å². The molecule has 0 radical (unpaired) electrons. The summed E-state index contributed by atoms with van der Waals surface area (Å²) in [5, 5.41) is 11.2. The number of carbonyl (C=O) groups excluding carboxylic acids is 1. The molecule has 214 valence electrons. The van der Waals surface area contributed by atoms with Crippen molar-refractivity contribution in [2.75, 3.05) is 20.2 Å². The molecule has 1 aliphatic heterocycles. The Morgan fingerprint density at radius 1 is 0.976 bits per heavy atom. The molecule has 8 heteroatoms. The van der Waals surface area contributed by atoms with Crippen LogP contribution in [0.4, 0.5) is 4.39 Å². The third kappa shape index (κ3) is 7.27. The number of aromatic nitrogens is 1. The van der Waals surface area contributed by atoms with E-state index in [0.717, 1.165) is 58.5 Å². The Bertz CT molecular complexity index is 1510. The van der Waals surface area contributed by atoms with E-state index in [9.17, 15) is 14.0 Å². The number of benzene rings is 3. The second-order valence-electron chi connectivity index (χ2n) is 10.2. The fraction of sp³-hybridized carbons (Fsp3) is 0.303. The van der Waals surface area contributed by atoms with Crippen LogP contribution in [0.5, 0.6) is 5.75 Å². The molecule has 0 atom stereocenters. The molecular formula is C33H36FN3O4. The lowest BCUT2D eigenvalue weighted by molar-refractivity contribution is -0.136. The normalized spacial score (nSPS) is 13.3. The summed E-state index contributed by atoms with van der Waals surface area (Å²) in [6.45, 7) is 4.76. The van der Waals surface area contributed by atoms with E-state index in [1.807, 2.05) is 24.4 Å². The second-order valence-corrected chi connectivity index (χ2v) is 10.2. The minimum atomic E-state index is -0.781. The van der Waals surface area contributed by atoms with E-state index in [4.69, 9.17) is 15.6 Å². The number of likely N-dealkylation sites (tertiary alicyclic amines) is 1. The van der Waals surface area contributed by atoms with E-state index in [2.05, 4.69) is 34.1 Å². The number of carbonyl (C=O) groups is 2. The molecule has 4 aromatic rings. The van der Waals surface area contributed by atoms with Crippen LogP contribution in [0.15, 0.2) is 66.9 Å². The molecule has 0 spiro atoms. The zero-order valence-corrected chi connectivity index (χ0v) is 23.5. The zero-order chi connectivity index (χ0) is 29.4. The standard InChI is InChI=1S/C25H28N2O3.C8H8FNO/c1-30-25-19(17-27-15-3-2-4-16-27)13-14-26-24(25)22-10-6-8-20-18(11-12-23(28)29)7-5-9-21(20)22;1-5-3-2-4-6(9)7(5)8(10)11/h5-10,13-14H,2-4,11-12,15-17H2,1H3,(H,28,29);2-4H,1H3,(H2,10,11). The average molecular weight is 558 g/mol. The summed E-state index contributed by atoms with van der Waals surface area (Å²) in [5.41, 5.74) is 9.54. The van der Waals surface area contributed by atoms with Crippen molar-refractivity contribution in [3.63, 3.8) is 0 Å². The van der Waals surface area contributed by atoms with Gasteiger partial charge in [-0.05, 0) is 73.3 Å². The van der Waals surface area contributed by atoms with Crippen LogP contribution in [0, 0.1) is 12.7 Å². The molecule has 1 saturated heterocycles. The smallest absolute Gasteiger partial charge is 0.303 e. The van der Waals surface area contributed by atoms with Gasteiger partial charge in [-0.1, -0.05) is 55.0 Å². The maximum absolute atomic E-state index is 12.8. The number of nitrogens with two attached hydrogens (primary N) is 1. The number of fused-ring (bicyclic) bond motifs is 1. The number of primary amides is 1. The molecular weight excluding hydrogens is 521 g/mol. The predicted octanol–water partition coefficient (Wildman–Crippen LogP) is 6.15. The molecule has 1 fully saturated rings. The number of ether oxygens (including phenoxy) is 1. The van der Waals surface area contributed by atoms with Gasteiger partial charge in [0.1, 0.15) is 17.3 Å². The molecule has 0 bridgehead atoms. The van der Waals surface area contributed by atoms with E-state index in [1.165, 1.54) is 31.4 Å². The molecule has 3 aromatic carbocycles. The number of rotatable bonds is 8. The van der Waals surface area contributed by atoms with Gasteiger partial charge in [-0.3, -0.25) is 19.5 Å². The van der Waals surface area contributed by atoms with Gasteiger partial charge < -0.3 is 15.6 Å². The summed E-state index contributed by atoms with van der Waals surface area (Å²) in [6, 6.07) is 18.7. The molecule has 2 heterocycles. The van der Waals surface area contributed by atoms with Crippen LogP contribution in [0.1, 0.15) is 52.7 Å². The number of methoxy groups -OCH3 is 1. The molecule has 5 rings (SSSR count). The largest absolute Gasteiger partial charge is 0.494 e. The van der Waals surface area contributed by atoms with Crippen LogP contribution in [0.2, 0.25) is 0 Å². The first-order valence-electron chi connectivity index (χ1n) is 13.8. The number of amides is 1. The highest BCUT2D eigenvalue weighted by molar-refractivity contribution is 5.99. The number of aliphatic carboxylic acids is 1. The monoisotopic (exact) mass is 557 g/mol. The SMILES string of the molecule is COc1c(CN2CCCCC2)ccnc1-c1cccc2c(CCC(=O)O)cccc12.Cc1cccc(F)c1C(N)=O. The summed E-state index contributed by atoms with van der Waals surface area (Å²) in [7, 11) is 1.71. The van der Waals surface area contributed by atoms with Gasteiger partial charge in [0.25, 0.3) is 5.91 Å². The molecule has 0 aliphatic carbocycles. The Morgan fingerprint density at radius 3 is 2.34 bits per heavy atom. The van der Waals surface area contributed by atoms with E-state index in [-0.39, 0.29) is 12.0 Å². The van der Waals surface area contributed by atoms with Crippen molar-refractivity contribution < 1.29 is 23.8 Å². The summed E-state index contributed by atoms with van der Waals surface area (Å²) in [6.07, 6.45) is 6.32. The first-order valence-corrected chi connectivity index (χ1v) is 13.8. The minimum absolute atomic E-state index is 0.0208. The van der Waals surface area contributed by atoms with Crippen LogP contribution in [0.25, 0.3) is 22.0 Å². The van der Waals surface area contributed by atoms with Crippen molar-refractivity contribution in [3.8, 4) is 17.0 Å². The molecule has 1 amide bonds. The van der Waals surface area contributed by atoms with Gasteiger partial charge in [-0.2, -0.15) is 0 Å². The molecule has 41 heavy (non-hydrogen) atoms. The van der Waals surface area contributed by atoms with E-state index in [1.54, 1.807) is 20.1 Å². The highest BCUT2D eigenvalue weighted by Crippen LogP contribution is 2.37. The van der Waals surface area contributed by atoms with Gasteiger partial charge >= 0.3 is 5.97 Å². The highest BCUT2D eigenvalue weighted by Gasteiger charge is 2.19. The van der Waals surface area contributed by atoms with Gasteiger partial charge in [-0.15, -0.1) is 0 Å². The van der Waals surface area contributed by atoms with Gasteiger partial charge in [0, 0.05) is 30.3 Å². The summed E-state index contributed by atoms with van der Waals surface area (Å²) in [4.78, 5) is 28.9. The molecule has 0 unspecified atom stereocenters.